The molecule has 0 saturated carbocycles. The minimum absolute atomic E-state index is 0.220. The van der Waals surface area contributed by atoms with Crippen LogP contribution in [-0.2, 0) is 6.54 Å². The fourth-order valence-electron chi connectivity index (χ4n) is 3.39. The molecule has 0 amide bonds. The maximum Gasteiger partial charge on any atom is 0.265 e. The SMILES string of the molecule is O=c1c2cc3c(=O)n(-c4ccn[nH]4)ccc3nc2ccn1Cc1cccc(F)c1. The first-order valence-electron chi connectivity index (χ1n) is 8.90. The first-order valence-corrected chi connectivity index (χ1v) is 8.90. The van der Waals surface area contributed by atoms with Gasteiger partial charge >= 0.3 is 0 Å². The largest absolute Gasteiger partial charge is 0.310 e. The van der Waals surface area contributed by atoms with Crippen molar-refractivity contribution in [2.45, 2.75) is 6.54 Å². The van der Waals surface area contributed by atoms with Crippen LogP contribution in [-0.4, -0.2) is 24.3 Å². The highest BCUT2D eigenvalue weighted by atomic mass is 19.1. The fraction of sp³-hybridized carbons (Fsp3) is 0.0476. The third-order valence-electron chi connectivity index (χ3n) is 4.80. The molecule has 142 valence electrons. The van der Waals surface area contributed by atoms with Crippen molar-refractivity contribution >= 4 is 21.8 Å². The van der Waals surface area contributed by atoms with Crippen molar-refractivity contribution in [3.63, 3.8) is 0 Å². The molecule has 0 aliphatic heterocycles. The zero-order valence-corrected chi connectivity index (χ0v) is 15.0. The molecule has 8 heteroatoms. The van der Waals surface area contributed by atoms with Crippen LogP contribution in [0.4, 0.5) is 4.39 Å². The molecule has 4 aromatic heterocycles. The molecular weight excluding hydrogens is 373 g/mol. The van der Waals surface area contributed by atoms with Gasteiger partial charge in [0.15, 0.2) is 0 Å². The van der Waals surface area contributed by atoms with Crippen molar-refractivity contribution in [1.29, 1.82) is 0 Å². The summed E-state index contributed by atoms with van der Waals surface area (Å²) in [5.74, 6) is 0.164. The van der Waals surface area contributed by atoms with E-state index in [4.69, 9.17) is 0 Å². The van der Waals surface area contributed by atoms with Crippen LogP contribution in [0.1, 0.15) is 5.56 Å². The Bertz CT molecular complexity index is 1490. The van der Waals surface area contributed by atoms with Gasteiger partial charge in [0.05, 0.1) is 34.5 Å². The number of rotatable bonds is 3. The van der Waals surface area contributed by atoms with E-state index in [0.29, 0.717) is 33.2 Å². The number of aromatic amines is 1. The summed E-state index contributed by atoms with van der Waals surface area (Å²) < 4.78 is 16.3. The van der Waals surface area contributed by atoms with Gasteiger partial charge in [-0.15, -0.1) is 0 Å². The number of pyridine rings is 3. The smallest absolute Gasteiger partial charge is 0.265 e. The van der Waals surface area contributed by atoms with E-state index in [-0.39, 0.29) is 23.5 Å². The summed E-state index contributed by atoms with van der Waals surface area (Å²) in [4.78, 5) is 30.4. The lowest BCUT2D eigenvalue weighted by atomic mass is 10.1. The monoisotopic (exact) mass is 387 g/mol. The summed E-state index contributed by atoms with van der Waals surface area (Å²) in [6, 6.07) is 12.8. The summed E-state index contributed by atoms with van der Waals surface area (Å²) in [5.41, 5.74) is 1.07. The Labute approximate surface area is 162 Å². The second kappa shape index (κ2) is 6.52. The lowest BCUT2D eigenvalue weighted by Gasteiger charge is -2.09. The minimum atomic E-state index is -0.358. The Kier molecular flexibility index (Phi) is 3.83. The fourth-order valence-corrected chi connectivity index (χ4v) is 3.39. The average Bonchev–Trinajstić information content (AvgIpc) is 3.24. The highest BCUT2D eigenvalue weighted by Gasteiger charge is 2.11. The van der Waals surface area contributed by atoms with Gasteiger partial charge in [-0.05, 0) is 35.9 Å². The van der Waals surface area contributed by atoms with Crippen LogP contribution in [0.2, 0.25) is 0 Å². The number of H-pyrrole nitrogens is 1. The molecule has 1 N–H and O–H groups in total. The summed E-state index contributed by atoms with van der Waals surface area (Å²) in [6.45, 7) is 0.220. The Balaban J connectivity index is 1.69. The number of nitrogens with one attached hydrogen (secondary N) is 1. The molecule has 0 unspecified atom stereocenters. The summed E-state index contributed by atoms with van der Waals surface area (Å²) >= 11 is 0. The van der Waals surface area contributed by atoms with Crippen molar-refractivity contribution in [1.82, 2.24) is 24.3 Å². The van der Waals surface area contributed by atoms with Gasteiger partial charge in [-0.2, -0.15) is 5.10 Å². The van der Waals surface area contributed by atoms with Crippen LogP contribution in [0.25, 0.3) is 27.6 Å². The normalized spacial score (nSPS) is 11.3. The first kappa shape index (κ1) is 17.1. The maximum absolute atomic E-state index is 13.5. The number of hydrogen-bond acceptors (Lipinski definition) is 4. The number of nitrogens with zero attached hydrogens (tertiary/aromatic N) is 4. The summed E-state index contributed by atoms with van der Waals surface area (Å²) in [6.07, 6.45) is 4.79. The summed E-state index contributed by atoms with van der Waals surface area (Å²) in [5, 5.41) is 7.26. The van der Waals surface area contributed by atoms with Gasteiger partial charge in [0, 0.05) is 18.5 Å². The van der Waals surface area contributed by atoms with Crippen molar-refractivity contribution in [3.05, 3.63) is 99.2 Å². The molecule has 29 heavy (non-hydrogen) atoms. The molecule has 5 aromatic rings. The van der Waals surface area contributed by atoms with E-state index in [9.17, 15) is 14.0 Å². The van der Waals surface area contributed by atoms with Gasteiger partial charge in [0.2, 0.25) is 0 Å². The van der Waals surface area contributed by atoms with Crippen LogP contribution in [0, 0.1) is 5.82 Å². The van der Waals surface area contributed by atoms with Gasteiger partial charge in [-0.3, -0.25) is 19.3 Å². The molecule has 1 aromatic carbocycles. The Hall–Kier alpha value is -4.07. The molecule has 0 atom stereocenters. The molecule has 0 fully saturated rings. The summed E-state index contributed by atoms with van der Waals surface area (Å²) in [7, 11) is 0. The molecule has 5 rings (SSSR count). The second-order valence-corrected chi connectivity index (χ2v) is 6.67. The number of aromatic nitrogens is 5. The molecule has 0 aliphatic rings. The number of hydrogen-bond donors (Lipinski definition) is 1. The van der Waals surface area contributed by atoms with E-state index >= 15 is 0 Å². The third kappa shape index (κ3) is 2.91. The zero-order chi connectivity index (χ0) is 20.0. The van der Waals surface area contributed by atoms with Crippen LogP contribution in [0.15, 0.2) is 76.7 Å². The number of fused-ring (bicyclic) bond motifs is 2. The minimum Gasteiger partial charge on any atom is -0.310 e. The highest BCUT2D eigenvalue weighted by Crippen LogP contribution is 2.16. The van der Waals surface area contributed by atoms with Gasteiger partial charge in [-0.1, -0.05) is 12.1 Å². The van der Waals surface area contributed by atoms with Crippen molar-refractivity contribution in [2.75, 3.05) is 0 Å². The molecule has 0 aliphatic carbocycles. The van der Waals surface area contributed by atoms with Gasteiger partial charge < -0.3 is 4.57 Å². The second-order valence-electron chi connectivity index (χ2n) is 6.67. The number of benzene rings is 1. The van der Waals surface area contributed by atoms with Gasteiger partial charge in [-0.25, -0.2) is 9.37 Å². The molecule has 4 heterocycles. The predicted molar refractivity (Wildman–Crippen MR) is 107 cm³/mol. The maximum atomic E-state index is 13.5. The molecule has 0 spiro atoms. The van der Waals surface area contributed by atoms with Crippen LogP contribution >= 0.6 is 0 Å². The quantitative estimate of drug-likeness (QED) is 0.482. The predicted octanol–water partition coefficient (Wildman–Crippen LogP) is 2.61. The molecule has 0 saturated heterocycles. The van der Waals surface area contributed by atoms with Gasteiger partial charge in [0.25, 0.3) is 11.1 Å². The van der Waals surface area contributed by atoms with Crippen molar-refractivity contribution in [3.8, 4) is 5.82 Å². The van der Waals surface area contributed by atoms with E-state index in [0.717, 1.165) is 0 Å². The molecular formula is C21H14FN5O2. The highest BCUT2D eigenvalue weighted by molar-refractivity contribution is 5.91. The number of halogens is 1. The van der Waals surface area contributed by atoms with Crippen molar-refractivity contribution < 1.29 is 4.39 Å². The van der Waals surface area contributed by atoms with E-state index in [1.165, 1.54) is 21.3 Å². The molecule has 0 radical (unpaired) electrons. The Morgan fingerprint density at radius 1 is 0.931 bits per heavy atom. The average molecular weight is 387 g/mol. The standard InChI is InChI=1S/C21H14FN5O2/c22-14-3-1-2-13(10-14)12-26-8-5-17-15(20(26)28)11-16-18(24-17)6-9-27(21(16)29)19-4-7-23-25-19/h1-11H,12H2,(H,23,25). The lowest BCUT2D eigenvalue weighted by molar-refractivity contribution is 0.623. The molecule has 0 bridgehead atoms. The Morgan fingerprint density at radius 3 is 2.48 bits per heavy atom. The third-order valence-corrected chi connectivity index (χ3v) is 4.80. The van der Waals surface area contributed by atoms with Crippen LogP contribution in [0.3, 0.4) is 0 Å². The van der Waals surface area contributed by atoms with Gasteiger partial charge in [0.1, 0.15) is 11.6 Å². The topological polar surface area (TPSA) is 85.6 Å². The lowest BCUT2D eigenvalue weighted by Crippen LogP contribution is -2.22. The van der Waals surface area contributed by atoms with Crippen LogP contribution < -0.4 is 11.1 Å². The van der Waals surface area contributed by atoms with E-state index < -0.39 is 0 Å². The van der Waals surface area contributed by atoms with Crippen molar-refractivity contribution in [2.24, 2.45) is 0 Å². The molecule has 7 nitrogen and oxygen atoms in total. The van der Waals surface area contributed by atoms with E-state index in [1.807, 2.05) is 0 Å². The Morgan fingerprint density at radius 2 is 1.72 bits per heavy atom. The van der Waals surface area contributed by atoms with E-state index in [1.54, 1.807) is 55.0 Å². The first-order chi connectivity index (χ1) is 14.1. The van der Waals surface area contributed by atoms with Crippen LogP contribution in [0.5, 0.6) is 0 Å². The zero-order valence-electron chi connectivity index (χ0n) is 15.0. The van der Waals surface area contributed by atoms with E-state index in [2.05, 4.69) is 15.2 Å².